The molecule has 0 bridgehead atoms. The van der Waals surface area contributed by atoms with Crippen LogP contribution in [0.3, 0.4) is 0 Å². The SMILES string of the molecule is CCN(CC)c1ccc(CC2CCCNC2)cc1. The maximum Gasteiger partial charge on any atom is 0.0366 e. The second kappa shape index (κ2) is 6.79. The van der Waals surface area contributed by atoms with Crippen LogP contribution in [-0.2, 0) is 6.42 Å². The predicted octanol–water partition coefficient (Wildman–Crippen LogP) is 3.07. The van der Waals surface area contributed by atoms with Crippen molar-refractivity contribution in [1.82, 2.24) is 5.32 Å². The fourth-order valence-electron chi connectivity index (χ4n) is 2.86. The summed E-state index contributed by atoms with van der Waals surface area (Å²) in [7, 11) is 0. The van der Waals surface area contributed by atoms with Crippen molar-refractivity contribution in [2.45, 2.75) is 33.1 Å². The van der Waals surface area contributed by atoms with Crippen LogP contribution < -0.4 is 10.2 Å². The van der Waals surface area contributed by atoms with Gasteiger partial charge in [-0.2, -0.15) is 0 Å². The molecule has 0 aromatic heterocycles. The zero-order chi connectivity index (χ0) is 12.8. The highest BCUT2D eigenvalue weighted by Gasteiger charge is 2.13. The molecule has 1 aromatic carbocycles. The van der Waals surface area contributed by atoms with Crippen molar-refractivity contribution in [3.8, 4) is 0 Å². The summed E-state index contributed by atoms with van der Waals surface area (Å²) in [5, 5.41) is 3.49. The minimum atomic E-state index is 0.832. The molecule has 1 N–H and O–H groups in total. The van der Waals surface area contributed by atoms with E-state index in [0.29, 0.717) is 0 Å². The molecule has 0 saturated carbocycles. The summed E-state index contributed by atoms with van der Waals surface area (Å²) in [6.07, 6.45) is 3.94. The smallest absolute Gasteiger partial charge is 0.0366 e. The summed E-state index contributed by atoms with van der Waals surface area (Å²) in [6.45, 7) is 9.00. The molecule has 100 valence electrons. The van der Waals surface area contributed by atoms with Crippen molar-refractivity contribution in [3.05, 3.63) is 29.8 Å². The molecule has 0 amide bonds. The van der Waals surface area contributed by atoms with Crippen LogP contribution in [0.15, 0.2) is 24.3 Å². The Balaban J connectivity index is 1.94. The molecule has 18 heavy (non-hydrogen) atoms. The van der Waals surface area contributed by atoms with E-state index in [2.05, 4.69) is 48.3 Å². The van der Waals surface area contributed by atoms with Gasteiger partial charge in [0.1, 0.15) is 0 Å². The van der Waals surface area contributed by atoms with Gasteiger partial charge in [-0.3, -0.25) is 0 Å². The van der Waals surface area contributed by atoms with Crippen molar-refractivity contribution >= 4 is 5.69 Å². The van der Waals surface area contributed by atoms with Gasteiger partial charge >= 0.3 is 0 Å². The Morgan fingerprint density at radius 3 is 2.44 bits per heavy atom. The number of rotatable bonds is 5. The molecular formula is C16H26N2. The monoisotopic (exact) mass is 246 g/mol. The maximum absolute atomic E-state index is 3.49. The van der Waals surface area contributed by atoms with Gasteiger partial charge < -0.3 is 10.2 Å². The number of benzene rings is 1. The topological polar surface area (TPSA) is 15.3 Å². The summed E-state index contributed by atoms with van der Waals surface area (Å²) >= 11 is 0. The van der Waals surface area contributed by atoms with Crippen molar-refractivity contribution in [3.63, 3.8) is 0 Å². The molecule has 1 heterocycles. The Hall–Kier alpha value is -1.02. The van der Waals surface area contributed by atoms with E-state index in [0.717, 1.165) is 19.0 Å². The normalized spacial score (nSPS) is 19.8. The second-order valence-corrected chi connectivity index (χ2v) is 5.26. The van der Waals surface area contributed by atoms with Crippen molar-refractivity contribution in [2.75, 3.05) is 31.1 Å². The lowest BCUT2D eigenvalue weighted by Gasteiger charge is -2.24. The Bertz CT molecular complexity index is 335. The second-order valence-electron chi connectivity index (χ2n) is 5.26. The Morgan fingerprint density at radius 1 is 1.17 bits per heavy atom. The Kier molecular flexibility index (Phi) is 5.06. The van der Waals surface area contributed by atoms with E-state index in [-0.39, 0.29) is 0 Å². The highest BCUT2D eigenvalue weighted by Crippen LogP contribution is 2.19. The zero-order valence-electron chi connectivity index (χ0n) is 11.8. The first-order valence-electron chi connectivity index (χ1n) is 7.38. The fraction of sp³-hybridized carbons (Fsp3) is 0.625. The quantitative estimate of drug-likeness (QED) is 0.859. The molecule has 2 heteroatoms. The van der Waals surface area contributed by atoms with Crippen molar-refractivity contribution in [2.24, 2.45) is 5.92 Å². The van der Waals surface area contributed by atoms with Gasteiger partial charge in [-0.1, -0.05) is 12.1 Å². The predicted molar refractivity (Wildman–Crippen MR) is 79.3 cm³/mol. The molecular weight excluding hydrogens is 220 g/mol. The molecule has 0 radical (unpaired) electrons. The zero-order valence-corrected chi connectivity index (χ0v) is 11.8. The van der Waals surface area contributed by atoms with Crippen molar-refractivity contribution in [1.29, 1.82) is 0 Å². The molecule has 1 atom stereocenters. The molecule has 1 aliphatic heterocycles. The molecule has 1 saturated heterocycles. The van der Waals surface area contributed by atoms with Crippen LogP contribution in [0.25, 0.3) is 0 Å². The first-order valence-corrected chi connectivity index (χ1v) is 7.38. The first kappa shape index (κ1) is 13.4. The summed E-state index contributed by atoms with van der Waals surface area (Å²) < 4.78 is 0. The molecule has 1 aliphatic rings. The van der Waals surface area contributed by atoms with Crippen LogP contribution in [0.4, 0.5) is 5.69 Å². The summed E-state index contributed by atoms with van der Waals surface area (Å²) in [5.74, 6) is 0.832. The molecule has 1 fully saturated rings. The van der Waals surface area contributed by atoms with Crippen LogP contribution in [0.1, 0.15) is 32.3 Å². The average Bonchev–Trinajstić information content (AvgIpc) is 2.43. The molecule has 0 aliphatic carbocycles. The van der Waals surface area contributed by atoms with E-state index in [4.69, 9.17) is 0 Å². The van der Waals surface area contributed by atoms with Gasteiger partial charge in [0.15, 0.2) is 0 Å². The largest absolute Gasteiger partial charge is 0.372 e. The first-order chi connectivity index (χ1) is 8.83. The summed E-state index contributed by atoms with van der Waals surface area (Å²) in [6, 6.07) is 9.17. The minimum Gasteiger partial charge on any atom is -0.372 e. The van der Waals surface area contributed by atoms with E-state index < -0.39 is 0 Å². The highest BCUT2D eigenvalue weighted by molar-refractivity contribution is 5.47. The number of nitrogens with zero attached hydrogens (tertiary/aromatic N) is 1. The number of piperidine rings is 1. The number of hydrogen-bond acceptors (Lipinski definition) is 2. The van der Waals surface area contributed by atoms with Crippen molar-refractivity contribution < 1.29 is 0 Å². The number of nitrogens with one attached hydrogen (secondary N) is 1. The molecule has 1 unspecified atom stereocenters. The van der Waals surface area contributed by atoms with Gasteiger partial charge in [-0.15, -0.1) is 0 Å². The van der Waals surface area contributed by atoms with Gasteiger partial charge in [-0.05, 0) is 69.8 Å². The van der Waals surface area contributed by atoms with Gasteiger partial charge in [0, 0.05) is 18.8 Å². The molecule has 2 nitrogen and oxygen atoms in total. The lowest BCUT2D eigenvalue weighted by atomic mass is 9.92. The lowest BCUT2D eigenvalue weighted by Crippen LogP contribution is -2.30. The van der Waals surface area contributed by atoms with Gasteiger partial charge in [0.25, 0.3) is 0 Å². The molecule has 0 spiro atoms. The van der Waals surface area contributed by atoms with E-state index in [1.54, 1.807) is 0 Å². The Labute approximate surface area is 111 Å². The Morgan fingerprint density at radius 2 is 1.89 bits per heavy atom. The van der Waals surface area contributed by atoms with E-state index in [9.17, 15) is 0 Å². The minimum absolute atomic E-state index is 0.832. The third-order valence-electron chi connectivity index (χ3n) is 3.99. The lowest BCUT2D eigenvalue weighted by molar-refractivity contribution is 0.376. The van der Waals surface area contributed by atoms with Crippen LogP contribution in [0.2, 0.25) is 0 Å². The fourth-order valence-corrected chi connectivity index (χ4v) is 2.86. The summed E-state index contributed by atoms with van der Waals surface area (Å²) in [5.41, 5.74) is 2.84. The third-order valence-corrected chi connectivity index (χ3v) is 3.99. The van der Waals surface area contributed by atoms with Crippen LogP contribution in [-0.4, -0.2) is 26.2 Å². The van der Waals surface area contributed by atoms with E-state index in [1.807, 2.05) is 0 Å². The van der Waals surface area contributed by atoms with Gasteiger partial charge in [-0.25, -0.2) is 0 Å². The van der Waals surface area contributed by atoms with E-state index in [1.165, 1.54) is 43.6 Å². The van der Waals surface area contributed by atoms with Crippen LogP contribution in [0, 0.1) is 5.92 Å². The number of anilines is 1. The number of hydrogen-bond donors (Lipinski definition) is 1. The standard InChI is InChI=1S/C16H26N2/c1-3-18(4-2)16-9-7-14(8-10-16)12-15-6-5-11-17-13-15/h7-10,15,17H,3-6,11-13H2,1-2H3. The maximum atomic E-state index is 3.49. The third kappa shape index (κ3) is 3.49. The van der Waals surface area contributed by atoms with Crippen LogP contribution in [0.5, 0.6) is 0 Å². The highest BCUT2D eigenvalue weighted by atomic mass is 15.1. The van der Waals surface area contributed by atoms with Crippen LogP contribution >= 0.6 is 0 Å². The van der Waals surface area contributed by atoms with Gasteiger partial charge in [0.05, 0.1) is 0 Å². The average molecular weight is 246 g/mol. The molecule has 2 rings (SSSR count). The van der Waals surface area contributed by atoms with Gasteiger partial charge in [0.2, 0.25) is 0 Å². The van der Waals surface area contributed by atoms with E-state index >= 15 is 0 Å². The summed E-state index contributed by atoms with van der Waals surface area (Å²) in [4.78, 5) is 2.39. The molecule has 1 aromatic rings.